The Bertz CT molecular complexity index is 454. The first-order valence-corrected chi connectivity index (χ1v) is 8.77. The average Bonchev–Trinajstić information content (AvgIpc) is 2.86. The van der Waals surface area contributed by atoms with E-state index in [0.29, 0.717) is 12.3 Å². The van der Waals surface area contributed by atoms with Gasteiger partial charge in [-0.25, -0.2) is 0 Å². The summed E-state index contributed by atoms with van der Waals surface area (Å²) in [5.74, 6) is 1.42. The Labute approximate surface area is 130 Å². The number of thioether (sulfide) groups is 1. The molecular weight excluding hydrogens is 286 g/mol. The number of nitrogens with two attached hydrogens (primary N) is 1. The molecule has 118 valence electrons. The number of amides is 1. The van der Waals surface area contributed by atoms with Crippen molar-refractivity contribution in [1.29, 1.82) is 0 Å². The van der Waals surface area contributed by atoms with Crippen LogP contribution in [0.2, 0.25) is 0 Å². The van der Waals surface area contributed by atoms with E-state index in [1.807, 2.05) is 16.4 Å². The van der Waals surface area contributed by atoms with Crippen LogP contribution in [0.3, 0.4) is 0 Å². The third-order valence-electron chi connectivity index (χ3n) is 3.83. The first-order valence-electron chi connectivity index (χ1n) is 7.79. The topological polar surface area (TPSA) is 77.0 Å². The van der Waals surface area contributed by atoms with Crippen molar-refractivity contribution in [1.82, 2.24) is 19.7 Å². The summed E-state index contributed by atoms with van der Waals surface area (Å²) in [6.45, 7) is 4.98. The maximum absolute atomic E-state index is 12.3. The third kappa shape index (κ3) is 4.44. The molecule has 1 fully saturated rings. The van der Waals surface area contributed by atoms with Gasteiger partial charge in [0.25, 0.3) is 0 Å². The summed E-state index contributed by atoms with van der Waals surface area (Å²) in [6.07, 6.45) is 6.03. The van der Waals surface area contributed by atoms with Gasteiger partial charge in [-0.2, -0.15) is 0 Å². The van der Waals surface area contributed by atoms with Crippen molar-refractivity contribution >= 4 is 17.7 Å². The van der Waals surface area contributed by atoms with Gasteiger partial charge >= 0.3 is 0 Å². The maximum Gasteiger partial charge on any atom is 0.233 e. The molecule has 2 rings (SSSR count). The molecule has 0 radical (unpaired) electrons. The van der Waals surface area contributed by atoms with E-state index in [2.05, 4.69) is 10.2 Å². The highest BCUT2D eigenvalue weighted by Gasteiger charge is 2.17. The van der Waals surface area contributed by atoms with Crippen LogP contribution in [0.5, 0.6) is 0 Å². The van der Waals surface area contributed by atoms with Crippen LogP contribution in [0.4, 0.5) is 0 Å². The second-order valence-corrected chi connectivity index (χ2v) is 6.23. The Hall–Kier alpha value is -1.08. The number of aromatic nitrogens is 3. The molecule has 6 nitrogen and oxygen atoms in total. The minimum atomic E-state index is 0.210. The SMILES string of the molecule is CCn1c(CN)nnc1SCC(=O)N1CCCCCCC1. The highest BCUT2D eigenvalue weighted by Crippen LogP contribution is 2.18. The van der Waals surface area contributed by atoms with Crippen LogP contribution in [-0.4, -0.2) is 44.4 Å². The van der Waals surface area contributed by atoms with Crippen LogP contribution in [-0.2, 0) is 17.9 Å². The van der Waals surface area contributed by atoms with Crippen LogP contribution >= 0.6 is 11.8 Å². The van der Waals surface area contributed by atoms with Crippen molar-refractivity contribution < 1.29 is 4.79 Å². The van der Waals surface area contributed by atoms with E-state index in [4.69, 9.17) is 5.73 Å². The predicted octanol–water partition coefficient (Wildman–Crippen LogP) is 1.64. The maximum atomic E-state index is 12.3. The molecule has 0 aliphatic carbocycles. The molecule has 0 atom stereocenters. The molecule has 0 spiro atoms. The van der Waals surface area contributed by atoms with Gasteiger partial charge in [0.05, 0.1) is 12.3 Å². The molecule has 1 aliphatic rings. The van der Waals surface area contributed by atoms with Gasteiger partial charge in [0, 0.05) is 19.6 Å². The zero-order valence-corrected chi connectivity index (χ0v) is 13.6. The first kappa shape index (κ1) is 16.3. The average molecular weight is 311 g/mol. The van der Waals surface area contributed by atoms with E-state index in [-0.39, 0.29) is 5.91 Å². The molecule has 0 aromatic carbocycles. The van der Waals surface area contributed by atoms with Crippen molar-refractivity contribution in [2.75, 3.05) is 18.8 Å². The molecule has 1 amide bonds. The smallest absolute Gasteiger partial charge is 0.233 e. The predicted molar refractivity (Wildman–Crippen MR) is 84.0 cm³/mol. The lowest BCUT2D eigenvalue weighted by molar-refractivity contribution is -0.128. The van der Waals surface area contributed by atoms with Gasteiger partial charge in [0.1, 0.15) is 5.82 Å². The third-order valence-corrected chi connectivity index (χ3v) is 4.78. The van der Waals surface area contributed by atoms with Crippen LogP contribution in [0, 0.1) is 0 Å². The van der Waals surface area contributed by atoms with Gasteiger partial charge < -0.3 is 15.2 Å². The minimum absolute atomic E-state index is 0.210. The van der Waals surface area contributed by atoms with Gasteiger partial charge in [-0.1, -0.05) is 31.0 Å². The van der Waals surface area contributed by atoms with E-state index in [9.17, 15) is 4.79 Å². The van der Waals surface area contributed by atoms with Crippen LogP contribution in [0.15, 0.2) is 5.16 Å². The van der Waals surface area contributed by atoms with Crippen molar-refractivity contribution in [2.24, 2.45) is 5.73 Å². The monoisotopic (exact) mass is 311 g/mol. The Morgan fingerprint density at radius 1 is 1.19 bits per heavy atom. The highest BCUT2D eigenvalue weighted by molar-refractivity contribution is 7.99. The lowest BCUT2D eigenvalue weighted by Gasteiger charge is -2.24. The van der Waals surface area contributed by atoms with Crippen molar-refractivity contribution in [2.45, 2.75) is 57.3 Å². The lowest BCUT2D eigenvalue weighted by Crippen LogP contribution is -2.35. The molecule has 7 heteroatoms. The molecule has 1 aromatic heterocycles. The number of carbonyl (C=O) groups excluding carboxylic acids is 1. The Morgan fingerprint density at radius 2 is 1.86 bits per heavy atom. The van der Waals surface area contributed by atoms with Gasteiger partial charge in [0.15, 0.2) is 5.16 Å². The first-order chi connectivity index (χ1) is 10.3. The summed E-state index contributed by atoms with van der Waals surface area (Å²) in [6, 6.07) is 0. The van der Waals surface area contributed by atoms with Gasteiger partial charge in [0.2, 0.25) is 5.91 Å². The molecule has 1 aliphatic heterocycles. The molecule has 1 saturated heterocycles. The molecule has 2 N–H and O–H groups in total. The van der Waals surface area contributed by atoms with E-state index in [1.54, 1.807) is 0 Å². The van der Waals surface area contributed by atoms with Gasteiger partial charge in [-0.15, -0.1) is 10.2 Å². The molecule has 0 unspecified atom stereocenters. The van der Waals surface area contributed by atoms with Crippen LogP contribution in [0.25, 0.3) is 0 Å². The van der Waals surface area contributed by atoms with Crippen molar-refractivity contribution in [3.05, 3.63) is 5.82 Å². The fraction of sp³-hybridized carbons (Fsp3) is 0.786. The van der Waals surface area contributed by atoms with E-state index in [1.165, 1.54) is 31.0 Å². The van der Waals surface area contributed by atoms with Crippen molar-refractivity contribution in [3.63, 3.8) is 0 Å². The Balaban J connectivity index is 1.89. The quantitative estimate of drug-likeness (QED) is 0.837. The number of hydrogen-bond acceptors (Lipinski definition) is 5. The fourth-order valence-corrected chi connectivity index (χ4v) is 3.53. The zero-order chi connectivity index (χ0) is 15.1. The van der Waals surface area contributed by atoms with Crippen LogP contribution in [0.1, 0.15) is 44.9 Å². The second-order valence-electron chi connectivity index (χ2n) is 5.28. The highest BCUT2D eigenvalue weighted by atomic mass is 32.2. The molecule has 21 heavy (non-hydrogen) atoms. The van der Waals surface area contributed by atoms with E-state index >= 15 is 0 Å². The minimum Gasteiger partial charge on any atom is -0.342 e. The van der Waals surface area contributed by atoms with Crippen molar-refractivity contribution in [3.8, 4) is 0 Å². The second kappa shape index (κ2) is 8.38. The molecular formula is C14H25N5OS. The number of rotatable bonds is 5. The van der Waals surface area contributed by atoms with Gasteiger partial charge in [-0.05, 0) is 19.8 Å². The Morgan fingerprint density at radius 3 is 2.48 bits per heavy atom. The summed E-state index contributed by atoms with van der Waals surface area (Å²) < 4.78 is 1.98. The summed E-state index contributed by atoms with van der Waals surface area (Å²) in [5.41, 5.74) is 5.64. The normalized spacial score (nSPS) is 16.6. The number of nitrogens with zero attached hydrogens (tertiary/aromatic N) is 4. The Kier molecular flexibility index (Phi) is 6.50. The zero-order valence-electron chi connectivity index (χ0n) is 12.8. The van der Waals surface area contributed by atoms with Crippen LogP contribution < -0.4 is 5.73 Å². The standard InChI is InChI=1S/C14H25N5OS/c1-2-19-12(10-15)16-17-14(19)21-11-13(20)18-8-6-4-3-5-7-9-18/h2-11,15H2,1H3. The summed E-state index contributed by atoms with van der Waals surface area (Å²) in [7, 11) is 0. The van der Waals surface area contributed by atoms with E-state index < -0.39 is 0 Å². The molecule has 1 aromatic rings. The summed E-state index contributed by atoms with van der Waals surface area (Å²) in [5, 5.41) is 8.99. The lowest BCUT2D eigenvalue weighted by atomic mass is 10.1. The molecule has 0 bridgehead atoms. The number of likely N-dealkylation sites (tertiary alicyclic amines) is 1. The summed E-state index contributed by atoms with van der Waals surface area (Å²) in [4.78, 5) is 14.3. The number of carbonyl (C=O) groups is 1. The largest absolute Gasteiger partial charge is 0.342 e. The molecule has 2 heterocycles. The summed E-state index contributed by atoms with van der Waals surface area (Å²) >= 11 is 1.46. The van der Waals surface area contributed by atoms with Gasteiger partial charge in [-0.3, -0.25) is 4.79 Å². The fourth-order valence-electron chi connectivity index (χ4n) is 2.61. The number of hydrogen-bond donors (Lipinski definition) is 1. The van der Waals surface area contributed by atoms with E-state index in [0.717, 1.165) is 43.5 Å². The molecule has 0 saturated carbocycles.